The van der Waals surface area contributed by atoms with Crippen LogP contribution in [-0.2, 0) is 6.42 Å². The molecule has 0 radical (unpaired) electrons. The van der Waals surface area contributed by atoms with Crippen molar-refractivity contribution >= 4 is 0 Å². The van der Waals surface area contributed by atoms with Gasteiger partial charge in [0, 0.05) is 5.56 Å². The van der Waals surface area contributed by atoms with Gasteiger partial charge in [0.25, 0.3) is 0 Å². The summed E-state index contributed by atoms with van der Waals surface area (Å²) in [5, 5.41) is 3.13. The van der Waals surface area contributed by atoms with Gasteiger partial charge in [0.15, 0.2) is 0 Å². The summed E-state index contributed by atoms with van der Waals surface area (Å²) < 4.78 is 10.7. The topological polar surface area (TPSA) is 30.5 Å². The SMILES string of the molecule is CNCCc1c(OC)ccc(C)c1OC. The molecule has 0 bridgehead atoms. The van der Waals surface area contributed by atoms with Crippen LogP contribution >= 0.6 is 0 Å². The highest BCUT2D eigenvalue weighted by molar-refractivity contribution is 5.49. The van der Waals surface area contributed by atoms with E-state index in [2.05, 4.69) is 5.32 Å². The number of hydrogen-bond acceptors (Lipinski definition) is 3. The van der Waals surface area contributed by atoms with E-state index in [1.165, 1.54) is 0 Å². The Balaban J connectivity index is 3.09. The molecule has 0 aliphatic rings. The molecule has 1 rings (SSSR count). The Morgan fingerprint density at radius 3 is 2.47 bits per heavy atom. The summed E-state index contributed by atoms with van der Waals surface area (Å²) in [6.07, 6.45) is 0.907. The average Bonchev–Trinajstić information content (AvgIpc) is 2.26. The molecule has 0 saturated heterocycles. The standard InChI is InChI=1S/C12H19NO2/c1-9-5-6-11(14-3)10(7-8-13-2)12(9)15-4/h5-6,13H,7-8H2,1-4H3. The molecule has 3 nitrogen and oxygen atoms in total. The third-order valence-electron chi connectivity index (χ3n) is 2.46. The van der Waals surface area contributed by atoms with E-state index in [1.54, 1.807) is 14.2 Å². The monoisotopic (exact) mass is 209 g/mol. The molecule has 84 valence electrons. The molecule has 1 N–H and O–H groups in total. The number of nitrogens with one attached hydrogen (secondary N) is 1. The highest BCUT2D eigenvalue weighted by Crippen LogP contribution is 2.31. The van der Waals surface area contributed by atoms with Gasteiger partial charge in [0.05, 0.1) is 14.2 Å². The zero-order valence-corrected chi connectivity index (χ0v) is 9.89. The van der Waals surface area contributed by atoms with Crippen LogP contribution in [0, 0.1) is 6.92 Å². The largest absolute Gasteiger partial charge is 0.496 e. The molecule has 15 heavy (non-hydrogen) atoms. The number of aryl methyl sites for hydroxylation is 1. The van der Waals surface area contributed by atoms with E-state index >= 15 is 0 Å². The second-order valence-corrected chi connectivity index (χ2v) is 3.45. The highest BCUT2D eigenvalue weighted by atomic mass is 16.5. The second kappa shape index (κ2) is 5.61. The summed E-state index contributed by atoms with van der Waals surface area (Å²) in [6.45, 7) is 2.96. The molecular formula is C12H19NO2. The molecule has 0 aromatic heterocycles. The van der Waals surface area contributed by atoms with Crippen LogP contribution in [0.4, 0.5) is 0 Å². The van der Waals surface area contributed by atoms with Gasteiger partial charge in [-0.2, -0.15) is 0 Å². The van der Waals surface area contributed by atoms with Gasteiger partial charge in [-0.3, -0.25) is 0 Å². The molecule has 0 aliphatic heterocycles. The Morgan fingerprint density at radius 1 is 1.20 bits per heavy atom. The third-order valence-corrected chi connectivity index (χ3v) is 2.46. The molecule has 0 saturated carbocycles. The third kappa shape index (κ3) is 2.63. The van der Waals surface area contributed by atoms with Gasteiger partial charge in [-0.05, 0) is 38.6 Å². The fraction of sp³-hybridized carbons (Fsp3) is 0.500. The maximum Gasteiger partial charge on any atom is 0.128 e. The van der Waals surface area contributed by atoms with Gasteiger partial charge >= 0.3 is 0 Å². The fourth-order valence-electron chi connectivity index (χ4n) is 1.69. The highest BCUT2D eigenvalue weighted by Gasteiger charge is 2.11. The van der Waals surface area contributed by atoms with Crippen molar-refractivity contribution in [1.82, 2.24) is 5.32 Å². The normalized spacial score (nSPS) is 10.1. The van der Waals surface area contributed by atoms with Gasteiger partial charge < -0.3 is 14.8 Å². The van der Waals surface area contributed by atoms with E-state index in [0.717, 1.165) is 35.6 Å². The molecule has 0 aliphatic carbocycles. The predicted molar refractivity (Wildman–Crippen MR) is 61.9 cm³/mol. The van der Waals surface area contributed by atoms with Gasteiger partial charge in [0.1, 0.15) is 11.5 Å². The van der Waals surface area contributed by atoms with E-state index < -0.39 is 0 Å². The molecule has 0 fully saturated rings. The Hall–Kier alpha value is -1.22. The number of likely N-dealkylation sites (N-methyl/N-ethyl adjacent to an activating group) is 1. The lowest BCUT2D eigenvalue weighted by atomic mass is 10.1. The second-order valence-electron chi connectivity index (χ2n) is 3.45. The summed E-state index contributed by atoms with van der Waals surface area (Å²) in [6, 6.07) is 4.00. The quantitative estimate of drug-likeness (QED) is 0.801. The molecule has 1 aromatic rings. The maximum atomic E-state index is 5.41. The summed E-state index contributed by atoms with van der Waals surface area (Å²) in [5.74, 6) is 1.83. The van der Waals surface area contributed by atoms with Gasteiger partial charge in [0.2, 0.25) is 0 Å². The van der Waals surface area contributed by atoms with Gasteiger partial charge in [-0.15, -0.1) is 0 Å². The first-order valence-corrected chi connectivity index (χ1v) is 5.09. The van der Waals surface area contributed by atoms with Crippen LogP contribution in [0.15, 0.2) is 12.1 Å². The van der Waals surface area contributed by atoms with E-state index in [1.807, 2.05) is 26.1 Å². The molecule has 0 heterocycles. The lowest BCUT2D eigenvalue weighted by Crippen LogP contribution is -2.12. The minimum atomic E-state index is 0.896. The Bertz CT molecular complexity index is 324. The predicted octanol–water partition coefficient (Wildman–Crippen LogP) is 1.77. The van der Waals surface area contributed by atoms with Crippen molar-refractivity contribution in [3.63, 3.8) is 0 Å². The van der Waals surface area contributed by atoms with Crippen LogP contribution in [0.2, 0.25) is 0 Å². The lowest BCUT2D eigenvalue weighted by molar-refractivity contribution is 0.383. The lowest BCUT2D eigenvalue weighted by Gasteiger charge is -2.15. The van der Waals surface area contributed by atoms with E-state index in [9.17, 15) is 0 Å². The Morgan fingerprint density at radius 2 is 1.93 bits per heavy atom. The summed E-state index contributed by atoms with van der Waals surface area (Å²) in [5.41, 5.74) is 2.28. The van der Waals surface area contributed by atoms with Crippen LogP contribution in [0.1, 0.15) is 11.1 Å². The van der Waals surface area contributed by atoms with Crippen molar-refractivity contribution in [1.29, 1.82) is 0 Å². The Labute approximate surface area is 91.4 Å². The first-order chi connectivity index (χ1) is 7.24. The minimum absolute atomic E-state index is 0.896. The van der Waals surface area contributed by atoms with Crippen LogP contribution in [-0.4, -0.2) is 27.8 Å². The molecular weight excluding hydrogens is 190 g/mol. The first kappa shape index (κ1) is 11.9. The average molecular weight is 209 g/mol. The van der Waals surface area contributed by atoms with Crippen molar-refractivity contribution in [2.75, 3.05) is 27.8 Å². The van der Waals surface area contributed by atoms with E-state index in [0.29, 0.717) is 0 Å². The van der Waals surface area contributed by atoms with Crippen LogP contribution < -0.4 is 14.8 Å². The van der Waals surface area contributed by atoms with Gasteiger partial charge in [-0.25, -0.2) is 0 Å². The molecule has 3 heteroatoms. The van der Waals surface area contributed by atoms with E-state index in [-0.39, 0.29) is 0 Å². The molecule has 0 amide bonds. The number of ether oxygens (including phenoxy) is 2. The smallest absolute Gasteiger partial charge is 0.128 e. The van der Waals surface area contributed by atoms with Crippen molar-refractivity contribution in [3.8, 4) is 11.5 Å². The summed E-state index contributed by atoms with van der Waals surface area (Å²) in [4.78, 5) is 0. The maximum absolute atomic E-state index is 5.41. The molecule has 0 spiro atoms. The number of rotatable bonds is 5. The van der Waals surface area contributed by atoms with Crippen LogP contribution in [0.3, 0.4) is 0 Å². The zero-order chi connectivity index (χ0) is 11.3. The first-order valence-electron chi connectivity index (χ1n) is 5.09. The van der Waals surface area contributed by atoms with Crippen molar-refractivity contribution in [2.24, 2.45) is 0 Å². The molecule has 0 atom stereocenters. The number of hydrogen-bond donors (Lipinski definition) is 1. The summed E-state index contributed by atoms with van der Waals surface area (Å²) >= 11 is 0. The van der Waals surface area contributed by atoms with Crippen LogP contribution in [0.25, 0.3) is 0 Å². The van der Waals surface area contributed by atoms with Gasteiger partial charge in [-0.1, -0.05) is 6.07 Å². The number of benzene rings is 1. The van der Waals surface area contributed by atoms with Crippen molar-refractivity contribution in [3.05, 3.63) is 23.3 Å². The fourth-order valence-corrected chi connectivity index (χ4v) is 1.69. The zero-order valence-electron chi connectivity index (χ0n) is 9.89. The molecule has 1 aromatic carbocycles. The minimum Gasteiger partial charge on any atom is -0.496 e. The number of methoxy groups -OCH3 is 2. The molecule has 0 unspecified atom stereocenters. The Kier molecular flexibility index (Phi) is 4.43. The van der Waals surface area contributed by atoms with Crippen molar-refractivity contribution < 1.29 is 9.47 Å². The summed E-state index contributed by atoms with van der Waals surface area (Å²) in [7, 11) is 5.33. The van der Waals surface area contributed by atoms with Crippen molar-refractivity contribution in [2.45, 2.75) is 13.3 Å². The van der Waals surface area contributed by atoms with E-state index in [4.69, 9.17) is 9.47 Å². The van der Waals surface area contributed by atoms with Crippen LogP contribution in [0.5, 0.6) is 11.5 Å².